The van der Waals surface area contributed by atoms with Gasteiger partial charge in [0, 0.05) is 12.6 Å². The third kappa shape index (κ3) is 4.87. The van der Waals surface area contributed by atoms with Crippen molar-refractivity contribution in [3.05, 3.63) is 82.9 Å². The molecule has 2 aromatic carbocycles. The van der Waals surface area contributed by atoms with Crippen LogP contribution in [-0.4, -0.2) is 0 Å². The van der Waals surface area contributed by atoms with E-state index in [0.29, 0.717) is 6.04 Å². The SMILES string of the molecule is CC(C)=C(C)CC(NCc1ccccc1)c1ccccc1. The first-order chi connectivity index (χ1) is 10.2. The zero-order valence-electron chi connectivity index (χ0n) is 13.3. The highest BCUT2D eigenvalue weighted by Crippen LogP contribution is 2.23. The van der Waals surface area contributed by atoms with Crippen molar-refractivity contribution >= 4 is 0 Å². The molecule has 2 rings (SSSR count). The molecule has 0 radical (unpaired) electrons. The fraction of sp³-hybridized carbons (Fsp3) is 0.300. The van der Waals surface area contributed by atoms with E-state index in [1.165, 1.54) is 22.3 Å². The topological polar surface area (TPSA) is 12.0 Å². The second kappa shape index (κ2) is 7.80. The zero-order chi connectivity index (χ0) is 15.1. The summed E-state index contributed by atoms with van der Waals surface area (Å²) < 4.78 is 0. The van der Waals surface area contributed by atoms with Gasteiger partial charge in [0.25, 0.3) is 0 Å². The summed E-state index contributed by atoms with van der Waals surface area (Å²) in [5.74, 6) is 0. The Bertz CT molecular complexity index is 565. The third-order valence-corrected chi connectivity index (χ3v) is 3.96. The minimum Gasteiger partial charge on any atom is -0.306 e. The van der Waals surface area contributed by atoms with Crippen LogP contribution in [0.2, 0.25) is 0 Å². The summed E-state index contributed by atoms with van der Waals surface area (Å²) in [6, 6.07) is 21.7. The molecule has 0 aliphatic heterocycles. The first-order valence-corrected chi connectivity index (χ1v) is 7.62. The lowest BCUT2D eigenvalue weighted by molar-refractivity contribution is 0.527. The third-order valence-electron chi connectivity index (χ3n) is 3.96. The van der Waals surface area contributed by atoms with Gasteiger partial charge in [0.2, 0.25) is 0 Å². The second-order valence-corrected chi connectivity index (χ2v) is 5.81. The molecule has 1 N–H and O–H groups in total. The van der Waals surface area contributed by atoms with E-state index in [-0.39, 0.29) is 0 Å². The molecule has 0 aromatic heterocycles. The minimum atomic E-state index is 0.362. The quantitative estimate of drug-likeness (QED) is 0.711. The van der Waals surface area contributed by atoms with Gasteiger partial charge < -0.3 is 5.32 Å². The Balaban J connectivity index is 2.11. The van der Waals surface area contributed by atoms with Gasteiger partial charge >= 0.3 is 0 Å². The first kappa shape index (κ1) is 15.5. The Hall–Kier alpha value is -1.86. The van der Waals surface area contributed by atoms with Gasteiger partial charge in [-0.1, -0.05) is 71.8 Å². The van der Waals surface area contributed by atoms with E-state index in [4.69, 9.17) is 0 Å². The van der Waals surface area contributed by atoms with Gasteiger partial charge in [0.15, 0.2) is 0 Å². The molecule has 1 heteroatoms. The molecule has 0 heterocycles. The van der Waals surface area contributed by atoms with Crippen LogP contribution in [0.25, 0.3) is 0 Å². The van der Waals surface area contributed by atoms with Crippen molar-refractivity contribution in [2.45, 2.75) is 39.8 Å². The van der Waals surface area contributed by atoms with Crippen LogP contribution in [0.1, 0.15) is 44.4 Å². The van der Waals surface area contributed by atoms with Crippen molar-refractivity contribution in [3.8, 4) is 0 Å². The molecule has 0 saturated heterocycles. The van der Waals surface area contributed by atoms with Crippen LogP contribution < -0.4 is 5.32 Å². The zero-order valence-corrected chi connectivity index (χ0v) is 13.3. The minimum absolute atomic E-state index is 0.362. The molecular weight excluding hydrogens is 254 g/mol. The highest BCUT2D eigenvalue weighted by atomic mass is 14.9. The average molecular weight is 279 g/mol. The molecule has 0 spiro atoms. The molecule has 0 aliphatic carbocycles. The molecule has 2 aromatic rings. The smallest absolute Gasteiger partial charge is 0.0360 e. The van der Waals surface area contributed by atoms with Crippen molar-refractivity contribution in [3.63, 3.8) is 0 Å². The highest BCUT2D eigenvalue weighted by molar-refractivity contribution is 5.23. The molecule has 1 atom stereocenters. The summed E-state index contributed by atoms with van der Waals surface area (Å²) in [6.07, 6.45) is 1.05. The molecular formula is C20H25N. The molecule has 21 heavy (non-hydrogen) atoms. The lowest BCUT2D eigenvalue weighted by Crippen LogP contribution is -2.21. The summed E-state index contributed by atoms with van der Waals surface area (Å²) in [7, 11) is 0. The maximum absolute atomic E-state index is 3.70. The van der Waals surface area contributed by atoms with E-state index in [0.717, 1.165) is 13.0 Å². The number of rotatable bonds is 6. The standard InChI is InChI=1S/C20H25N/c1-16(2)17(3)14-20(19-12-8-5-9-13-19)21-15-18-10-6-4-7-11-18/h4-13,20-21H,14-15H2,1-3H3. The molecule has 0 aliphatic rings. The molecule has 110 valence electrons. The molecule has 0 fully saturated rings. The van der Waals surface area contributed by atoms with Crippen molar-refractivity contribution in [1.82, 2.24) is 5.32 Å². The Labute approximate surface area is 128 Å². The highest BCUT2D eigenvalue weighted by Gasteiger charge is 2.11. The van der Waals surface area contributed by atoms with Crippen molar-refractivity contribution in [1.29, 1.82) is 0 Å². The van der Waals surface area contributed by atoms with Crippen LogP contribution in [0.5, 0.6) is 0 Å². The summed E-state index contributed by atoms with van der Waals surface area (Å²) in [4.78, 5) is 0. The predicted molar refractivity (Wildman–Crippen MR) is 91.1 cm³/mol. The predicted octanol–water partition coefficient (Wildman–Crippen LogP) is 5.26. The van der Waals surface area contributed by atoms with Crippen LogP contribution in [-0.2, 0) is 6.54 Å². The summed E-state index contributed by atoms with van der Waals surface area (Å²) in [6.45, 7) is 7.51. The van der Waals surface area contributed by atoms with E-state index in [1.54, 1.807) is 0 Å². The first-order valence-electron chi connectivity index (χ1n) is 7.62. The largest absolute Gasteiger partial charge is 0.306 e. The number of hydrogen-bond acceptors (Lipinski definition) is 1. The molecule has 1 unspecified atom stereocenters. The monoisotopic (exact) mass is 279 g/mol. The average Bonchev–Trinajstić information content (AvgIpc) is 2.53. The second-order valence-electron chi connectivity index (χ2n) is 5.81. The fourth-order valence-electron chi connectivity index (χ4n) is 2.34. The van der Waals surface area contributed by atoms with Crippen molar-refractivity contribution < 1.29 is 0 Å². The maximum Gasteiger partial charge on any atom is 0.0360 e. The van der Waals surface area contributed by atoms with Crippen LogP contribution in [0.15, 0.2) is 71.8 Å². The van der Waals surface area contributed by atoms with Crippen LogP contribution in [0.4, 0.5) is 0 Å². The normalized spacial score (nSPS) is 12.0. The van der Waals surface area contributed by atoms with Gasteiger partial charge in [0.1, 0.15) is 0 Å². The van der Waals surface area contributed by atoms with Crippen molar-refractivity contribution in [2.24, 2.45) is 0 Å². The number of hydrogen-bond donors (Lipinski definition) is 1. The van der Waals surface area contributed by atoms with Crippen LogP contribution >= 0.6 is 0 Å². The van der Waals surface area contributed by atoms with Crippen LogP contribution in [0, 0.1) is 0 Å². The van der Waals surface area contributed by atoms with E-state index in [9.17, 15) is 0 Å². The van der Waals surface area contributed by atoms with Crippen molar-refractivity contribution in [2.75, 3.05) is 0 Å². The summed E-state index contributed by atoms with van der Waals surface area (Å²) in [5.41, 5.74) is 5.56. The lowest BCUT2D eigenvalue weighted by Gasteiger charge is -2.20. The Morgan fingerprint density at radius 2 is 1.43 bits per heavy atom. The maximum atomic E-state index is 3.70. The number of allylic oxidation sites excluding steroid dienone is 1. The van der Waals surface area contributed by atoms with Gasteiger partial charge in [-0.05, 0) is 38.3 Å². The Morgan fingerprint density at radius 1 is 0.857 bits per heavy atom. The van der Waals surface area contributed by atoms with Gasteiger partial charge in [-0.3, -0.25) is 0 Å². The van der Waals surface area contributed by atoms with E-state index in [2.05, 4.69) is 86.8 Å². The Morgan fingerprint density at radius 3 is 2.00 bits per heavy atom. The number of benzene rings is 2. The van der Waals surface area contributed by atoms with E-state index >= 15 is 0 Å². The fourth-order valence-corrected chi connectivity index (χ4v) is 2.34. The summed E-state index contributed by atoms with van der Waals surface area (Å²) in [5, 5.41) is 3.70. The summed E-state index contributed by atoms with van der Waals surface area (Å²) >= 11 is 0. The molecule has 0 amide bonds. The van der Waals surface area contributed by atoms with Gasteiger partial charge in [-0.25, -0.2) is 0 Å². The van der Waals surface area contributed by atoms with E-state index in [1.807, 2.05) is 0 Å². The van der Waals surface area contributed by atoms with E-state index < -0.39 is 0 Å². The van der Waals surface area contributed by atoms with Gasteiger partial charge in [-0.15, -0.1) is 0 Å². The van der Waals surface area contributed by atoms with Crippen LogP contribution in [0.3, 0.4) is 0 Å². The van der Waals surface area contributed by atoms with Gasteiger partial charge in [-0.2, -0.15) is 0 Å². The van der Waals surface area contributed by atoms with Gasteiger partial charge in [0.05, 0.1) is 0 Å². The number of nitrogens with one attached hydrogen (secondary N) is 1. The molecule has 1 nitrogen and oxygen atoms in total. The molecule has 0 bridgehead atoms. The molecule has 0 saturated carbocycles. The Kier molecular flexibility index (Phi) is 5.77. The lowest BCUT2D eigenvalue weighted by atomic mass is 9.97.